The molecule has 26 heavy (non-hydrogen) atoms. The summed E-state index contributed by atoms with van der Waals surface area (Å²) in [4.78, 5) is 36.9. The molecule has 1 aromatic heterocycles. The molecule has 0 radical (unpaired) electrons. The summed E-state index contributed by atoms with van der Waals surface area (Å²) in [5.74, 6) is -2.91. The monoisotopic (exact) mass is 357 g/mol. The third-order valence-corrected chi connectivity index (χ3v) is 4.27. The minimum atomic E-state index is -1.26. The van der Waals surface area contributed by atoms with Gasteiger partial charge in [0, 0.05) is 18.7 Å². The third kappa shape index (κ3) is 3.69. The molecule has 0 spiro atoms. The molecule has 3 rings (SSSR count). The van der Waals surface area contributed by atoms with Crippen LogP contribution in [0.4, 0.5) is 11.4 Å². The molecule has 2 aromatic rings. The van der Waals surface area contributed by atoms with Crippen molar-refractivity contribution in [2.45, 2.75) is 19.3 Å². The van der Waals surface area contributed by atoms with Crippen LogP contribution in [0.15, 0.2) is 34.7 Å². The Morgan fingerprint density at radius 3 is 2.35 bits per heavy atom. The lowest BCUT2D eigenvalue weighted by Crippen LogP contribution is -2.30. The Balaban J connectivity index is 1.90. The van der Waals surface area contributed by atoms with E-state index < -0.39 is 17.8 Å². The quantitative estimate of drug-likeness (QED) is 0.754. The average Bonchev–Trinajstić information content (AvgIpc) is 3.13. The molecule has 0 bridgehead atoms. The maximum Gasteiger partial charge on any atom is 0.371 e. The number of nitrogens with zero attached hydrogens (tertiary/aromatic N) is 1. The van der Waals surface area contributed by atoms with E-state index in [0.717, 1.165) is 38.0 Å². The molecule has 8 heteroatoms. The van der Waals surface area contributed by atoms with E-state index >= 15 is 0 Å². The van der Waals surface area contributed by atoms with Gasteiger partial charge in [0.15, 0.2) is 5.76 Å². The van der Waals surface area contributed by atoms with Crippen LogP contribution in [0.5, 0.6) is 0 Å². The van der Waals surface area contributed by atoms with Gasteiger partial charge in [0.25, 0.3) is 5.91 Å². The van der Waals surface area contributed by atoms with Crippen LogP contribution in [0, 0.1) is 0 Å². The van der Waals surface area contributed by atoms with Crippen molar-refractivity contribution < 1.29 is 23.9 Å². The summed E-state index contributed by atoms with van der Waals surface area (Å²) in [5.41, 5.74) is 6.83. The number of anilines is 2. The highest BCUT2D eigenvalue weighted by atomic mass is 16.4. The molecule has 1 aliphatic heterocycles. The molecule has 1 saturated heterocycles. The minimum absolute atomic E-state index is 0.128. The first kappa shape index (κ1) is 17.5. The number of carbonyl (C=O) groups is 3. The number of aromatic carboxylic acids is 1. The number of piperidine rings is 1. The molecule has 0 unspecified atom stereocenters. The van der Waals surface area contributed by atoms with E-state index in [4.69, 9.17) is 15.3 Å². The molecule has 2 heterocycles. The van der Waals surface area contributed by atoms with Crippen molar-refractivity contribution in [3.05, 3.63) is 47.4 Å². The zero-order valence-electron chi connectivity index (χ0n) is 14.0. The van der Waals surface area contributed by atoms with Crippen LogP contribution in [0.1, 0.15) is 50.7 Å². The molecule has 0 saturated carbocycles. The number of benzene rings is 1. The van der Waals surface area contributed by atoms with Gasteiger partial charge in [0.1, 0.15) is 0 Å². The molecule has 1 fully saturated rings. The van der Waals surface area contributed by atoms with Crippen molar-refractivity contribution in [2.24, 2.45) is 5.73 Å². The van der Waals surface area contributed by atoms with E-state index in [1.54, 1.807) is 12.1 Å². The van der Waals surface area contributed by atoms with Crippen molar-refractivity contribution in [2.75, 3.05) is 23.3 Å². The van der Waals surface area contributed by atoms with Gasteiger partial charge >= 0.3 is 5.97 Å². The van der Waals surface area contributed by atoms with E-state index in [-0.39, 0.29) is 17.1 Å². The highest BCUT2D eigenvalue weighted by Gasteiger charge is 2.20. The fourth-order valence-corrected chi connectivity index (χ4v) is 2.96. The molecular formula is C18H19N3O5. The Morgan fingerprint density at radius 1 is 1.04 bits per heavy atom. The normalized spacial score (nSPS) is 14.1. The van der Waals surface area contributed by atoms with Gasteiger partial charge in [-0.25, -0.2) is 4.79 Å². The first-order valence-corrected chi connectivity index (χ1v) is 8.29. The van der Waals surface area contributed by atoms with Crippen LogP contribution < -0.4 is 16.0 Å². The maximum absolute atomic E-state index is 12.4. The second-order valence-electron chi connectivity index (χ2n) is 6.07. The number of hydrogen-bond acceptors (Lipinski definition) is 5. The first-order chi connectivity index (χ1) is 12.5. The van der Waals surface area contributed by atoms with Crippen LogP contribution in [-0.4, -0.2) is 36.0 Å². The van der Waals surface area contributed by atoms with E-state index in [9.17, 15) is 14.4 Å². The van der Waals surface area contributed by atoms with E-state index in [1.807, 2.05) is 0 Å². The molecule has 0 atom stereocenters. The lowest BCUT2D eigenvalue weighted by molar-refractivity contribution is 0.0660. The average molecular weight is 357 g/mol. The topological polar surface area (TPSA) is 126 Å². The number of carboxylic acids is 1. The van der Waals surface area contributed by atoms with Gasteiger partial charge in [0.2, 0.25) is 11.7 Å². The molecule has 4 N–H and O–H groups in total. The summed E-state index contributed by atoms with van der Waals surface area (Å²) in [6.45, 7) is 1.70. The van der Waals surface area contributed by atoms with Crippen LogP contribution >= 0.6 is 0 Å². The van der Waals surface area contributed by atoms with Gasteiger partial charge in [-0.05, 0) is 49.6 Å². The van der Waals surface area contributed by atoms with Crippen LogP contribution in [-0.2, 0) is 0 Å². The van der Waals surface area contributed by atoms with E-state index in [2.05, 4.69) is 10.2 Å². The summed E-state index contributed by atoms with van der Waals surface area (Å²) < 4.78 is 5.03. The Bertz CT molecular complexity index is 852. The second-order valence-corrected chi connectivity index (χ2v) is 6.07. The molecule has 1 aliphatic rings. The van der Waals surface area contributed by atoms with Crippen molar-refractivity contribution in [3.8, 4) is 0 Å². The van der Waals surface area contributed by atoms with Gasteiger partial charge < -0.3 is 25.5 Å². The van der Waals surface area contributed by atoms with Gasteiger partial charge in [-0.1, -0.05) is 0 Å². The predicted octanol–water partition coefficient (Wildman–Crippen LogP) is 2.32. The maximum atomic E-state index is 12.4. The zero-order valence-corrected chi connectivity index (χ0v) is 14.0. The zero-order chi connectivity index (χ0) is 18.7. The molecular weight excluding hydrogens is 338 g/mol. The number of carboxylic acid groups (broad SMARTS) is 1. The predicted molar refractivity (Wildman–Crippen MR) is 94.6 cm³/mol. The molecule has 0 aliphatic carbocycles. The van der Waals surface area contributed by atoms with Crippen molar-refractivity contribution >= 4 is 29.2 Å². The van der Waals surface area contributed by atoms with Crippen molar-refractivity contribution in [1.29, 1.82) is 0 Å². The summed E-state index contributed by atoms with van der Waals surface area (Å²) in [6.07, 6.45) is 3.25. The van der Waals surface area contributed by atoms with Gasteiger partial charge in [-0.3, -0.25) is 9.59 Å². The Kier molecular flexibility index (Phi) is 4.92. The molecule has 136 valence electrons. The lowest BCUT2D eigenvalue weighted by atomic mass is 10.1. The van der Waals surface area contributed by atoms with Gasteiger partial charge in [-0.15, -0.1) is 0 Å². The van der Waals surface area contributed by atoms with Crippen LogP contribution in [0.2, 0.25) is 0 Å². The molecule has 1 aromatic carbocycles. The summed E-state index contributed by atoms with van der Waals surface area (Å²) >= 11 is 0. The Morgan fingerprint density at radius 2 is 1.73 bits per heavy atom. The number of primary amides is 1. The van der Waals surface area contributed by atoms with E-state index in [1.165, 1.54) is 18.2 Å². The number of nitrogens with two attached hydrogens (primary N) is 1. The molecule has 2 amide bonds. The standard InChI is InChI=1S/C18H19N3O5/c19-16(22)11-4-5-13(21-8-2-1-3-9-21)12(10-11)20-17(23)14-6-7-15(26-14)18(24)25/h4-7,10H,1-3,8-9H2,(H2,19,22)(H,20,23)(H,24,25). The summed E-state index contributed by atoms with van der Waals surface area (Å²) in [7, 11) is 0. The van der Waals surface area contributed by atoms with Gasteiger partial charge in [0.05, 0.1) is 11.4 Å². The number of nitrogens with one attached hydrogen (secondary N) is 1. The molecule has 8 nitrogen and oxygen atoms in total. The van der Waals surface area contributed by atoms with Crippen molar-refractivity contribution in [3.63, 3.8) is 0 Å². The largest absolute Gasteiger partial charge is 0.475 e. The SMILES string of the molecule is NC(=O)c1ccc(N2CCCCC2)c(NC(=O)c2ccc(C(=O)O)o2)c1. The lowest BCUT2D eigenvalue weighted by Gasteiger charge is -2.30. The third-order valence-electron chi connectivity index (χ3n) is 4.27. The highest BCUT2D eigenvalue weighted by Crippen LogP contribution is 2.30. The highest BCUT2D eigenvalue weighted by molar-refractivity contribution is 6.06. The number of amides is 2. The number of carbonyl (C=O) groups excluding carboxylic acids is 2. The fraction of sp³-hybridized carbons (Fsp3) is 0.278. The fourth-order valence-electron chi connectivity index (χ4n) is 2.96. The number of rotatable bonds is 5. The van der Waals surface area contributed by atoms with Crippen LogP contribution in [0.25, 0.3) is 0 Å². The Labute approximate surface area is 149 Å². The smallest absolute Gasteiger partial charge is 0.371 e. The summed E-state index contributed by atoms with van der Waals surface area (Å²) in [6, 6.07) is 7.40. The van der Waals surface area contributed by atoms with Crippen molar-refractivity contribution in [1.82, 2.24) is 0 Å². The minimum Gasteiger partial charge on any atom is -0.475 e. The van der Waals surface area contributed by atoms with Crippen LogP contribution in [0.3, 0.4) is 0 Å². The van der Waals surface area contributed by atoms with Gasteiger partial charge in [-0.2, -0.15) is 0 Å². The summed E-state index contributed by atoms with van der Waals surface area (Å²) in [5, 5.41) is 11.6. The number of hydrogen-bond donors (Lipinski definition) is 3. The van der Waals surface area contributed by atoms with E-state index in [0.29, 0.717) is 5.69 Å². The second kappa shape index (κ2) is 7.30. The number of furan rings is 1. The Hall–Kier alpha value is -3.29. The first-order valence-electron chi connectivity index (χ1n) is 8.29.